The lowest BCUT2D eigenvalue weighted by molar-refractivity contribution is -0.385. The van der Waals surface area contributed by atoms with Crippen molar-refractivity contribution in [1.29, 1.82) is 0 Å². The average molecular weight is 278 g/mol. The molecule has 17 heavy (non-hydrogen) atoms. The maximum atomic E-state index is 12.0. The molecule has 0 bridgehead atoms. The zero-order valence-electron chi connectivity index (χ0n) is 8.87. The summed E-state index contributed by atoms with van der Waals surface area (Å²) in [4.78, 5) is 13.8. The van der Waals surface area contributed by atoms with Gasteiger partial charge in [0.2, 0.25) is 0 Å². The second-order valence-electron chi connectivity index (χ2n) is 3.52. The zero-order chi connectivity index (χ0) is 11.5. The Bertz CT molecular complexity index is 420. The monoisotopic (exact) mass is 277 g/mol. The third-order valence-electron chi connectivity index (χ3n) is 2.46. The second-order valence-corrected chi connectivity index (χ2v) is 5.20. The molecule has 94 valence electrons. The zero-order valence-corrected chi connectivity index (χ0v) is 10.5. The number of nitrogens with one attached hydrogen (secondary N) is 1. The highest BCUT2D eigenvalue weighted by Gasteiger charge is 2.23. The molecule has 0 saturated carbocycles. The standard InChI is InChI=1S/C9H11N3O3S.ClH/c13-12(14)7-1-2-9(11-5-7)16(15)8-3-4-10-6-8;/h1-2,5,8,10H,3-4,6H2;1H/t8-,16+;/m0./s1. The first-order valence-corrected chi connectivity index (χ1v) is 6.11. The minimum Gasteiger partial charge on any atom is -0.315 e. The molecule has 1 aromatic rings. The minimum atomic E-state index is -1.18. The minimum absolute atomic E-state index is 0. The third kappa shape index (κ3) is 3.21. The van der Waals surface area contributed by atoms with E-state index < -0.39 is 15.7 Å². The van der Waals surface area contributed by atoms with Crippen LogP contribution in [0.15, 0.2) is 23.4 Å². The number of aromatic nitrogens is 1. The van der Waals surface area contributed by atoms with Crippen LogP contribution in [0.4, 0.5) is 5.69 Å². The molecule has 1 N–H and O–H groups in total. The molecule has 1 aromatic heterocycles. The van der Waals surface area contributed by atoms with Gasteiger partial charge in [0.1, 0.15) is 11.2 Å². The Kier molecular flexibility index (Phi) is 4.98. The molecule has 0 aliphatic carbocycles. The van der Waals surface area contributed by atoms with Crippen molar-refractivity contribution in [2.24, 2.45) is 0 Å². The number of rotatable bonds is 3. The fourth-order valence-electron chi connectivity index (χ4n) is 1.58. The Labute approximate surface area is 107 Å². The van der Waals surface area contributed by atoms with Gasteiger partial charge >= 0.3 is 0 Å². The van der Waals surface area contributed by atoms with Crippen molar-refractivity contribution in [2.45, 2.75) is 16.7 Å². The van der Waals surface area contributed by atoms with Crippen molar-refractivity contribution in [1.82, 2.24) is 10.3 Å². The predicted molar refractivity (Wildman–Crippen MR) is 65.8 cm³/mol. The van der Waals surface area contributed by atoms with Crippen LogP contribution in [0.2, 0.25) is 0 Å². The molecular weight excluding hydrogens is 266 g/mol. The first-order valence-electron chi connectivity index (χ1n) is 4.90. The van der Waals surface area contributed by atoms with Crippen LogP contribution in [0.25, 0.3) is 0 Å². The highest BCUT2D eigenvalue weighted by atomic mass is 35.5. The summed E-state index contributed by atoms with van der Waals surface area (Å²) >= 11 is 0. The molecule has 2 rings (SSSR count). The van der Waals surface area contributed by atoms with E-state index in [0.717, 1.165) is 19.2 Å². The highest BCUT2D eigenvalue weighted by molar-refractivity contribution is 7.85. The fourth-order valence-corrected chi connectivity index (χ4v) is 2.88. The van der Waals surface area contributed by atoms with Gasteiger partial charge in [0.05, 0.1) is 21.0 Å². The Hall–Kier alpha value is -1.05. The largest absolute Gasteiger partial charge is 0.315 e. The van der Waals surface area contributed by atoms with Gasteiger partial charge in [-0.25, -0.2) is 4.98 Å². The summed E-state index contributed by atoms with van der Waals surface area (Å²) < 4.78 is 12.0. The van der Waals surface area contributed by atoms with Crippen molar-refractivity contribution in [3.8, 4) is 0 Å². The van der Waals surface area contributed by atoms with E-state index in [-0.39, 0.29) is 23.3 Å². The molecular formula is C9H12ClN3O3S. The summed E-state index contributed by atoms with van der Waals surface area (Å²) in [5.74, 6) is 0. The SMILES string of the molecule is Cl.O=[N+]([O-])c1ccc([S@](=O)[C@H]2CCNC2)nc1. The molecule has 8 heteroatoms. The van der Waals surface area contributed by atoms with Crippen LogP contribution in [0, 0.1) is 10.1 Å². The van der Waals surface area contributed by atoms with Gasteiger partial charge in [-0.3, -0.25) is 14.3 Å². The summed E-state index contributed by atoms with van der Waals surface area (Å²) in [6.45, 7) is 1.58. The normalized spacial score (nSPS) is 20.6. The number of halogens is 1. The molecule has 0 unspecified atom stereocenters. The molecule has 2 heterocycles. The third-order valence-corrected chi connectivity index (χ3v) is 4.12. The van der Waals surface area contributed by atoms with E-state index in [9.17, 15) is 14.3 Å². The Morgan fingerprint density at radius 1 is 1.53 bits per heavy atom. The molecule has 0 radical (unpaired) electrons. The molecule has 1 aliphatic heterocycles. The van der Waals surface area contributed by atoms with Gasteiger partial charge in [0.25, 0.3) is 5.69 Å². The summed E-state index contributed by atoms with van der Waals surface area (Å²) in [7, 11) is -1.18. The van der Waals surface area contributed by atoms with Crippen LogP contribution in [-0.2, 0) is 10.8 Å². The van der Waals surface area contributed by atoms with Crippen molar-refractivity contribution in [2.75, 3.05) is 13.1 Å². The Morgan fingerprint density at radius 2 is 2.29 bits per heavy atom. The van der Waals surface area contributed by atoms with E-state index in [4.69, 9.17) is 0 Å². The molecule has 0 amide bonds. The van der Waals surface area contributed by atoms with Crippen LogP contribution in [-0.4, -0.2) is 32.5 Å². The highest BCUT2D eigenvalue weighted by Crippen LogP contribution is 2.16. The second kappa shape index (κ2) is 6.04. The van der Waals surface area contributed by atoms with E-state index in [1.807, 2.05) is 0 Å². The topological polar surface area (TPSA) is 85.1 Å². The quantitative estimate of drug-likeness (QED) is 0.655. The van der Waals surface area contributed by atoms with Crippen LogP contribution in [0.5, 0.6) is 0 Å². The van der Waals surface area contributed by atoms with Crippen molar-refractivity contribution < 1.29 is 9.13 Å². The molecule has 0 spiro atoms. The molecule has 0 aromatic carbocycles. The van der Waals surface area contributed by atoms with E-state index in [2.05, 4.69) is 10.3 Å². The summed E-state index contributed by atoms with van der Waals surface area (Å²) in [6.07, 6.45) is 2.00. The lowest BCUT2D eigenvalue weighted by Crippen LogP contribution is -2.19. The number of hydrogen-bond donors (Lipinski definition) is 1. The van der Waals surface area contributed by atoms with Crippen LogP contribution >= 0.6 is 12.4 Å². The van der Waals surface area contributed by atoms with E-state index in [1.165, 1.54) is 12.1 Å². The number of pyridine rings is 1. The van der Waals surface area contributed by atoms with Crippen LogP contribution < -0.4 is 5.32 Å². The number of nitro groups is 1. The molecule has 2 atom stereocenters. The summed E-state index contributed by atoms with van der Waals surface area (Å²) in [6, 6.07) is 2.80. The van der Waals surface area contributed by atoms with Crippen molar-refractivity contribution in [3.05, 3.63) is 28.4 Å². The fraction of sp³-hybridized carbons (Fsp3) is 0.444. The van der Waals surface area contributed by atoms with Gasteiger partial charge in [-0.2, -0.15) is 0 Å². The summed E-state index contributed by atoms with van der Waals surface area (Å²) in [5, 5.41) is 14.0. The van der Waals surface area contributed by atoms with Gasteiger partial charge < -0.3 is 5.32 Å². The predicted octanol–water partition coefficient (Wildman–Crippen LogP) is 0.881. The maximum absolute atomic E-state index is 12.0. The molecule has 1 aliphatic rings. The van der Waals surface area contributed by atoms with Gasteiger partial charge in [0.15, 0.2) is 0 Å². The molecule has 6 nitrogen and oxygen atoms in total. The smallest absolute Gasteiger partial charge is 0.287 e. The van der Waals surface area contributed by atoms with Gasteiger partial charge in [0, 0.05) is 12.6 Å². The maximum Gasteiger partial charge on any atom is 0.287 e. The average Bonchev–Trinajstić information content (AvgIpc) is 2.81. The van der Waals surface area contributed by atoms with Gasteiger partial charge in [-0.15, -0.1) is 12.4 Å². The Morgan fingerprint density at radius 3 is 2.76 bits per heavy atom. The first-order chi connectivity index (χ1) is 7.68. The van der Waals surface area contributed by atoms with Crippen molar-refractivity contribution >= 4 is 28.9 Å². The lowest BCUT2D eigenvalue weighted by atomic mass is 10.4. The summed E-state index contributed by atoms with van der Waals surface area (Å²) in [5.41, 5.74) is -0.0784. The Balaban J connectivity index is 0.00000144. The molecule has 1 saturated heterocycles. The van der Waals surface area contributed by atoms with Gasteiger partial charge in [-0.1, -0.05) is 0 Å². The van der Waals surface area contributed by atoms with Crippen molar-refractivity contribution in [3.63, 3.8) is 0 Å². The number of nitrogens with zero attached hydrogens (tertiary/aromatic N) is 2. The van der Waals surface area contributed by atoms with E-state index in [0.29, 0.717) is 11.6 Å². The first kappa shape index (κ1) is 14.0. The van der Waals surface area contributed by atoms with E-state index in [1.54, 1.807) is 0 Å². The van der Waals surface area contributed by atoms with Gasteiger partial charge in [-0.05, 0) is 19.0 Å². The lowest BCUT2D eigenvalue weighted by Gasteiger charge is -2.06. The number of hydrogen-bond acceptors (Lipinski definition) is 5. The van der Waals surface area contributed by atoms with Crippen LogP contribution in [0.3, 0.4) is 0 Å². The van der Waals surface area contributed by atoms with E-state index >= 15 is 0 Å². The van der Waals surface area contributed by atoms with Crippen LogP contribution in [0.1, 0.15) is 6.42 Å². The molecule has 1 fully saturated rings.